The Morgan fingerprint density at radius 3 is 1.65 bits per heavy atom. The number of hydrogen-bond acceptors (Lipinski definition) is 6. The van der Waals surface area contributed by atoms with Gasteiger partial charge in [0, 0.05) is 49.0 Å². The van der Waals surface area contributed by atoms with Gasteiger partial charge < -0.3 is 13.4 Å². The van der Waals surface area contributed by atoms with Crippen LogP contribution in [-0.2, 0) is 0 Å². The summed E-state index contributed by atoms with van der Waals surface area (Å²) in [4.78, 5) is 20.8. The molecule has 0 unspecified atom stereocenters. The van der Waals surface area contributed by atoms with Crippen LogP contribution >= 0.6 is 0 Å². The summed E-state index contributed by atoms with van der Waals surface area (Å²) in [5.74, 6) is 2.25. The highest BCUT2D eigenvalue weighted by Crippen LogP contribution is 2.44. The highest BCUT2D eigenvalue weighted by atomic mass is 16.3. The first-order chi connectivity index (χ1) is 32.7. The van der Waals surface area contributed by atoms with Crippen LogP contribution in [0.3, 0.4) is 0 Å². The van der Waals surface area contributed by atoms with Gasteiger partial charge in [0.1, 0.15) is 16.7 Å². The Balaban J connectivity index is 1.02. The summed E-state index contributed by atoms with van der Waals surface area (Å²) < 4.78 is 17.8. The summed E-state index contributed by atoms with van der Waals surface area (Å²) in [5, 5.41) is 6.55. The van der Waals surface area contributed by atoms with Crippen molar-refractivity contribution in [1.82, 2.24) is 29.1 Å². The van der Waals surface area contributed by atoms with Gasteiger partial charge in [-0.25, -0.2) is 9.97 Å². The smallest absolute Gasteiger partial charge is 0.238 e. The van der Waals surface area contributed by atoms with Gasteiger partial charge in [-0.2, -0.15) is 9.97 Å². The molecule has 0 spiro atoms. The topological polar surface area (TPSA) is 87.7 Å². The van der Waals surface area contributed by atoms with Crippen molar-refractivity contribution >= 4 is 76.6 Å². The lowest BCUT2D eigenvalue weighted by Crippen LogP contribution is -2.07. The van der Waals surface area contributed by atoms with Crippen molar-refractivity contribution in [3.8, 4) is 57.0 Å². The number of rotatable bonds is 6. The zero-order chi connectivity index (χ0) is 43.3. The van der Waals surface area contributed by atoms with E-state index in [0.717, 1.165) is 105 Å². The van der Waals surface area contributed by atoms with Crippen LogP contribution in [0, 0.1) is 0 Å². The van der Waals surface area contributed by atoms with Gasteiger partial charge in [-0.05, 0) is 59.7 Å². The molecule has 9 aromatic carbocycles. The molecule has 0 N–H and O–H groups in total. The monoisotopic (exact) mass is 846 g/mol. The summed E-state index contributed by atoms with van der Waals surface area (Å²) in [7, 11) is 0. The average Bonchev–Trinajstić information content (AvgIpc) is 4.16. The standard InChI is InChI=1S/C58H34N6O2/c1-3-16-35(17-4-1)55-60-56(36-18-5-2-6-19-36)62-58(61-55)64-47-28-11-8-23-41(47)43-33-32-42-40-22-7-10-27-46(40)63(52(42)53(43)64)48-29-15-26-45-54(48)66-57(59-45)38-21-13-20-37(34-38)39-25-14-31-50-51(39)44-24-9-12-30-49(44)65-50/h1-34H. The largest absolute Gasteiger partial charge is 0.456 e. The van der Waals surface area contributed by atoms with E-state index in [0.29, 0.717) is 29.1 Å². The molecule has 66 heavy (non-hydrogen) atoms. The van der Waals surface area contributed by atoms with Crippen molar-refractivity contribution in [2.45, 2.75) is 0 Å². The Bertz CT molecular complexity index is 4180. The summed E-state index contributed by atoms with van der Waals surface area (Å²) in [6.07, 6.45) is 0. The third-order valence-corrected chi connectivity index (χ3v) is 12.8. The molecule has 14 aromatic rings. The summed E-state index contributed by atoms with van der Waals surface area (Å²) in [5.41, 5.74) is 12.9. The fourth-order valence-electron chi connectivity index (χ4n) is 9.93. The lowest BCUT2D eigenvalue weighted by Gasteiger charge is -2.13. The van der Waals surface area contributed by atoms with Crippen LogP contribution < -0.4 is 0 Å². The molecule has 0 radical (unpaired) electrons. The molecule has 0 aliphatic carbocycles. The Hall–Kier alpha value is -9.14. The maximum absolute atomic E-state index is 6.97. The van der Waals surface area contributed by atoms with Gasteiger partial charge in [-0.3, -0.25) is 4.57 Å². The van der Waals surface area contributed by atoms with Crippen molar-refractivity contribution in [3.05, 3.63) is 206 Å². The van der Waals surface area contributed by atoms with Gasteiger partial charge in [0.05, 0.1) is 27.8 Å². The number of hydrogen-bond donors (Lipinski definition) is 0. The minimum atomic E-state index is 0.525. The molecule has 0 aliphatic heterocycles. The quantitative estimate of drug-likeness (QED) is 0.166. The van der Waals surface area contributed by atoms with Gasteiger partial charge in [0.2, 0.25) is 11.8 Å². The first-order valence-electron chi connectivity index (χ1n) is 22.0. The van der Waals surface area contributed by atoms with Crippen molar-refractivity contribution in [2.24, 2.45) is 0 Å². The number of oxazole rings is 1. The molecular formula is C58H34N6O2. The molecule has 14 rings (SSSR count). The van der Waals surface area contributed by atoms with Crippen molar-refractivity contribution < 1.29 is 8.83 Å². The van der Waals surface area contributed by atoms with E-state index in [2.05, 4.69) is 124 Å². The predicted octanol–water partition coefficient (Wildman–Crippen LogP) is 14.8. The van der Waals surface area contributed by atoms with Crippen molar-refractivity contribution in [2.75, 3.05) is 0 Å². The minimum absolute atomic E-state index is 0.525. The fourth-order valence-corrected chi connectivity index (χ4v) is 9.93. The highest BCUT2D eigenvalue weighted by Gasteiger charge is 2.25. The van der Waals surface area contributed by atoms with E-state index in [1.54, 1.807) is 0 Å². The van der Waals surface area contributed by atoms with Gasteiger partial charge in [0.15, 0.2) is 17.2 Å². The Labute approximate surface area is 376 Å². The molecule has 5 heterocycles. The molecule has 0 aliphatic rings. The zero-order valence-electron chi connectivity index (χ0n) is 35.1. The van der Waals surface area contributed by atoms with E-state index in [9.17, 15) is 0 Å². The van der Waals surface area contributed by atoms with Crippen LogP contribution in [0.25, 0.3) is 134 Å². The molecule has 0 saturated carbocycles. The van der Waals surface area contributed by atoms with Crippen LogP contribution in [0.15, 0.2) is 215 Å². The summed E-state index contributed by atoms with van der Waals surface area (Å²) in [6.45, 7) is 0. The average molecular weight is 847 g/mol. The predicted molar refractivity (Wildman–Crippen MR) is 265 cm³/mol. The molecule has 0 saturated heterocycles. The molecule has 308 valence electrons. The second-order valence-corrected chi connectivity index (χ2v) is 16.6. The van der Waals surface area contributed by atoms with Crippen LogP contribution in [0.1, 0.15) is 0 Å². The zero-order valence-corrected chi connectivity index (χ0v) is 35.1. The number of fused-ring (bicyclic) bond motifs is 11. The molecular weight excluding hydrogens is 813 g/mol. The Morgan fingerprint density at radius 2 is 0.924 bits per heavy atom. The summed E-state index contributed by atoms with van der Waals surface area (Å²) in [6, 6.07) is 70.8. The van der Waals surface area contributed by atoms with E-state index in [1.807, 2.05) is 91.0 Å². The van der Waals surface area contributed by atoms with E-state index in [1.165, 1.54) is 0 Å². The number of nitrogens with zero attached hydrogens (tertiary/aromatic N) is 6. The van der Waals surface area contributed by atoms with E-state index in [-0.39, 0.29) is 0 Å². The minimum Gasteiger partial charge on any atom is -0.456 e. The second kappa shape index (κ2) is 14.2. The van der Waals surface area contributed by atoms with E-state index in [4.69, 9.17) is 28.8 Å². The first-order valence-corrected chi connectivity index (χ1v) is 22.0. The Morgan fingerprint density at radius 1 is 0.364 bits per heavy atom. The van der Waals surface area contributed by atoms with Crippen LogP contribution in [0.2, 0.25) is 0 Å². The molecule has 0 amide bonds. The van der Waals surface area contributed by atoms with Crippen molar-refractivity contribution in [3.63, 3.8) is 0 Å². The maximum Gasteiger partial charge on any atom is 0.238 e. The Kier molecular flexibility index (Phi) is 7.81. The van der Waals surface area contributed by atoms with Crippen LogP contribution in [-0.4, -0.2) is 29.1 Å². The lowest BCUT2D eigenvalue weighted by molar-refractivity contribution is 0.618. The lowest BCUT2D eigenvalue weighted by atomic mass is 9.98. The molecule has 0 fully saturated rings. The third kappa shape index (κ3) is 5.45. The van der Waals surface area contributed by atoms with Gasteiger partial charge in [-0.15, -0.1) is 0 Å². The van der Waals surface area contributed by atoms with Gasteiger partial charge >= 0.3 is 0 Å². The SMILES string of the molecule is c1ccc(-c2nc(-c3ccccc3)nc(-n3c4ccccc4c4ccc5c6ccccc6n(-c6cccc7nc(-c8cccc(-c9cccc%10oc%11ccccc%11c9%10)c8)oc67)c5c43)n2)cc1. The third-order valence-electron chi connectivity index (χ3n) is 12.8. The van der Waals surface area contributed by atoms with Crippen LogP contribution in [0.4, 0.5) is 0 Å². The number of furan rings is 1. The van der Waals surface area contributed by atoms with Gasteiger partial charge in [0.25, 0.3) is 0 Å². The molecule has 0 atom stereocenters. The molecule has 5 aromatic heterocycles. The second-order valence-electron chi connectivity index (χ2n) is 16.6. The molecule has 8 nitrogen and oxygen atoms in total. The fraction of sp³-hybridized carbons (Fsp3) is 0. The number of para-hydroxylation sites is 4. The summed E-state index contributed by atoms with van der Waals surface area (Å²) >= 11 is 0. The highest BCUT2D eigenvalue weighted by molar-refractivity contribution is 6.24. The van der Waals surface area contributed by atoms with E-state index < -0.39 is 0 Å². The maximum atomic E-state index is 6.97. The number of benzene rings is 9. The molecule has 8 heteroatoms. The first kappa shape index (κ1) is 36.4. The van der Waals surface area contributed by atoms with E-state index >= 15 is 0 Å². The van der Waals surface area contributed by atoms with Crippen molar-refractivity contribution in [1.29, 1.82) is 0 Å². The number of aromatic nitrogens is 6. The normalized spacial score (nSPS) is 11.9. The molecule has 0 bridgehead atoms. The van der Waals surface area contributed by atoms with Gasteiger partial charge in [-0.1, -0.05) is 158 Å². The van der Waals surface area contributed by atoms with Crippen LogP contribution in [0.5, 0.6) is 0 Å².